The van der Waals surface area contributed by atoms with E-state index in [2.05, 4.69) is 0 Å². The van der Waals surface area contributed by atoms with Crippen LogP contribution in [-0.2, 0) is 23.7 Å². The summed E-state index contributed by atoms with van der Waals surface area (Å²) in [5.74, 6) is -1.07. The van der Waals surface area contributed by atoms with E-state index in [1.54, 1.807) is 60.7 Å². The summed E-state index contributed by atoms with van der Waals surface area (Å²) >= 11 is 0. The predicted molar refractivity (Wildman–Crippen MR) is 98.8 cm³/mol. The molecule has 0 aromatic heterocycles. The lowest BCUT2D eigenvalue weighted by Gasteiger charge is -2.27. The Labute approximate surface area is 163 Å². The fourth-order valence-electron chi connectivity index (χ4n) is 2.99. The van der Waals surface area contributed by atoms with Crippen LogP contribution in [0.15, 0.2) is 60.7 Å². The van der Waals surface area contributed by atoms with Gasteiger partial charge >= 0.3 is 11.9 Å². The molecule has 7 nitrogen and oxygen atoms in total. The highest BCUT2D eigenvalue weighted by Crippen LogP contribution is 2.26. The SMILES string of the molecule is COC(OC)C1OC[C@@H](OC(=O)c2ccccc2)[C@@H]1OC(=O)c1ccccc1. The molecule has 0 spiro atoms. The fraction of sp³-hybridized carbons (Fsp3) is 0.333. The molecule has 1 unspecified atom stereocenters. The van der Waals surface area contributed by atoms with Gasteiger partial charge in [0.15, 0.2) is 18.5 Å². The summed E-state index contributed by atoms with van der Waals surface area (Å²) in [6.45, 7) is 0.0548. The van der Waals surface area contributed by atoms with Crippen molar-refractivity contribution in [2.24, 2.45) is 0 Å². The summed E-state index contributed by atoms with van der Waals surface area (Å²) in [6, 6.07) is 17.1. The lowest BCUT2D eigenvalue weighted by molar-refractivity contribution is -0.186. The van der Waals surface area contributed by atoms with Crippen LogP contribution in [0.1, 0.15) is 20.7 Å². The monoisotopic (exact) mass is 386 g/mol. The summed E-state index contributed by atoms with van der Waals surface area (Å²) in [6.07, 6.45) is -3.20. The van der Waals surface area contributed by atoms with Crippen LogP contribution in [-0.4, -0.2) is 57.4 Å². The maximum atomic E-state index is 12.5. The molecule has 1 aliphatic heterocycles. The van der Waals surface area contributed by atoms with E-state index in [0.29, 0.717) is 11.1 Å². The Morgan fingerprint density at radius 2 is 1.36 bits per heavy atom. The van der Waals surface area contributed by atoms with Gasteiger partial charge in [-0.3, -0.25) is 0 Å². The zero-order valence-electron chi connectivity index (χ0n) is 15.6. The minimum atomic E-state index is -0.884. The molecule has 0 radical (unpaired) electrons. The molecule has 2 aromatic carbocycles. The lowest BCUT2D eigenvalue weighted by Crippen LogP contribution is -2.44. The van der Waals surface area contributed by atoms with Crippen molar-refractivity contribution in [3.63, 3.8) is 0 Å². The average molecular weight is 386 g/mol. The van der Waals surface area contributed by atoms with E-state index in [0.717, 1.165) is 0 Å². The molecule has 1 aliphatic rings. The van der Waals surface area contributed by atoms with Crippen molar-refractivity contribution in [3.05, 3.63) is 71.8 Å². The Morgan fingerprint density at radius 1 is 0.857 bits per heavy atom. The molecule has 0 amide bonds. The highest BCUT2D eigenvalue weighted by atomic mass is 16.7. The van der Waals surface area contributed by atoms with E-state index < -0.39 is 36.5 Å². The number of rotatable bonds is 7. The Balaban J connectivity index is 1.77. The summed E-state index contributed by atoms with van der Waals surface area (Å²) in [5, 5.41) is 0. The third-order valence-electron chi connectivity index (χ3n) is 4.40. The molecule has 1 heterocycles. The van der Waals surface area contributed by atoms with Gasteiger partial charge in [-0.05, 0) is 24.3 Å². The number of carbonyl (C=O) groups excluding carboxylic acids is 2. The van der Waals surface area contributed by atoms with Gasteiger partial charge in [-0.25, -0.2) is 9.59 Å². The van der Waals surface area contributed by atoms with Crippen LogP contribution in [0, 0.1) is 0 Å². The topological polar surface area (TPSA) is 80.3 Å². The molecule has 3 rings (SSSR count). The van der Waals surface area contributed by atoms with Gasteiger partial charge < -0.3 is 23.7 Å². The summed E-state index contributed by atoms with van der Waals surface area (Å²) < 4.78 is 27.4. The minimum absolute atomic E-state index is 0.0548. The molecule has 0 bridgehead atoms. The molecule has 0 saturated carbocycles. The van der Waals surface area contributed by atoms with Crippen molar-refractivity contribution in [1.82, 2.24) is 0 Å². The molecule has 3 atom stereocenters. The second-order valence-electron chi connectivity index (χ2n) is 6.18. The van der Waals surface area contributed by atoms with Crippen molar-refractivity contribution < 1.29 is 33.3 Å². The van der Waals surface area contributed by atoms with E-state index in [4.69, 9.17) is 23.7 Å². The largest absolute Gasteiger partial charge is 0.452 e. The van der Waals surface area contributed by atoms with Gasteiger partial charge in [-0.2, -0.15) is 0 Å². The average Bonchev–Trinajstić information content (AvgIpc) is 3.12. The van der Waals surface area contributed by atoms with E-state index >= 15 is 0 Å². The van der Waals surface area contributed by atoms with Crippen LogP contribution in [0.3, 0.4) is 0 Å². The highest BCUT2D eigenvalue weighted by molar-refractivity contribution is 5.90. The second-order valence-corrected chi connectivity index (χ2v) is 6.18. The lowest BCUT2D eigenvalue weighted by atomic mass is 10.1. The molecule has 0 aliphatic carbocycles. The zero-order valence-corrected chi connectivity index (χ0v) is 15.6. The van der Waals surface area contributed by atoms with Crippen LogP contribution in [0.4, 0.5) is 0 Å². The summed E-state index contributed by atoms with van der Waals surface area (Å²) in [4.78, 5) is 25.0. The Hall–Kier alpha value is -2.74. The quantitative estimate of drug-likeness (QED) is 0.534. The van der Waals surface area contributed by atoms with Gasteiger partial charge in [0.05, 0.1) is 17.7 Å². The number of hydrogen-bond donors (Lipinski definition) is 0. The number of benzene rings is 2. The van der Waals surface area contributed by atoms with Gasteiger partial charge in [0.1, 0.15) is 6.10 Å². The van der Waals surface area contributed by atoms with E-state index in [1.165, 1.54) is 14.2 Å². The Morgan fingerprint density at radius 3 is 1.86 bits per heavy atom. The zero-order chi connectivity index (χ0) is 19.9. The van der Waals surface area contributed by atoms with E-state index in [1.807, 2.05) is 0 Å². The van der Waals surface area contributed by atoms with Gasteiger partial charge in [0.2, 0.25) is 0 Å². The maximum Gasteiger partial charge on any atom is 0.338 e. The number of esters is 2. The molecule has 0 N–H and O–H groups in total. The Kier molecular flexibility index (Phi) is 6.76. The summed E-state index contributed by atoms with van der Waals surface area (Å²) in [5.41, 5.74) is 0.779. The maximum absolute atomic E-state index is 12.5. The smallest absolute Gasteiger partial charge is 0.338 e. The Bertz CT molecular complexity index is 774. The van der Waals surface area contributed by atoms with Crippen molar-refractivity contribution in [2.75, 3.05) is 20.8 Å². The van der Waals surface area contributed by atoms with Crippen LogP contribution in [0.2, 0.25) is 0 Å². The van der Waals surface area contributed by atoms with E-state index in [9.17, 15) is 9.59 Å². The van der Waals surface area contributed by atoms with Gasteiger partial charge in [-0.1, -0.05) is 36.4 Å². The van der Waals surface area contributed by atoms with Crippen LogP contribution >= 0.6 is 0 Å². The molecule has 1 fully saturated rings. The van der Waals surface area contributed by atoms with E-state index in [-0.39, 0.29) is 6.61 Å². The van der Waals surface area contributed by atoms with Gasteiger partial charge in [0, 0.05) is 14.2 Å². The van der Waals surface area contributed by atoms with Gasteiger partial charge in [-0.15, -0.1) is 0 Å². The normalized spacial score (nSPS) is 21.5. The molecular weight excluding hydrogens is 364 g/mol. The van der Waals surface area contributed by atoms with Crippen molar-refractivity contribution in [1.29, 1.82) is 0 Å². The highest BCUT2D eigenvalue weighted by Gasteiger charge is 2.47. The predicted octanol–water partition coefficient (Wildman–Crippen LogP) is 2.46. The first kappa shape index (κ1) is 20.0. The number of hydrogen-bond acceptors (Lipinski definition) is 7. The molecule has 28 heavy (non-hydrogen) atoms. The molecule has 1 saturated heterocycles. The standard InChI is InChI=1S/C21H22O7/c1-24-21(25-2)18-17(28-20(23)15-11-7-4-8-12-15)16(13-26-18)27-19(22)14-9-5-3-6-10-14/h3-12,16-18,21H,13H2,1-2H3/t16-,17+,18?/m1/s1. The number of ether oxygens (including phenoxy) is 5. The first-order valence-electron chi connectivity index (χ1n) is 8.83. The number of carbonyl (C=O) groups is 2. The first-order chi connectivity index (χ1) is 13.6. The third kappa shape index (κ3) is 4.56. The van der Waals surface area contributed by atoms with Gasteiger partial charge in [0.25, 0.3) is 0 Å². The van der Waals surface area contributed by atoms with Crippen molar-refractivity contribution >= 4 is 11.9 Å². The molecule has 148 valence electrons. The first-order valence-corrected chi connectivity index (χ1v) is 8.83. The second kappa shape index (κ2) is 9.45. The van der Waals surface area contributed by atoms with Crippen molar-refractivity contribution in [2.45, 2.75) is 24.6 Å². The minimum Gasteiger partial charge on any atom is -0.452 e. The van der Waals surface area contributed by atoms with Crippen molar-refractivity contribution in [3.8, 4) is 0 Å². The molecular formula is C21H22O7. The summed E-state index contributed by atoms with van der Waals surface area (Å²) in [7, 11) is 2.91. The molecule has 7 heteroatoms. The number of methoxy groups -OCH3 is 2. The molecule has 2 aromatic rings. The van der Waals surface area contributed by atoms with Crippen LogP contribution in [0.25, 0.3) is 0 Å². The fourth-order valence-corrected chi connectivity index (χ4v) is 2.99. The van der Waals surface area contributed by atoms with Crippen LogP contribution in [0.5, 0.6) is 0 Å². The third-order valence-corrected chi connectivity index (χ3v) is 4.40. The van der Waals surface area contributed by atoms with Crippen LogP contribution < -0.4 is 0 Å².